The zero-order chi connectivity index (χ0) is 27.9. The maximum atomic E-state index is 13.8. The molecular formula is C31H39N5O3. The van der Waals surface area contributed by atoms with Gasteiger partial charge in [-0.2, -0.15) is 0 Å². The van der Waals surface area contributed by atoms with Crippen molar-refractivity contribution in [3.8, 4) is 0 Å². The fraction of sp³-hybridized carbons (Fsp3) is 0.484. The number of likely N-dealkylation sites (tertiary alicyclic amines) is 2. The lowest BCUT2D eigenvalue weighted by molar-refractivity contribution is -0.152. The van der Waals surface area contributed by atoms with Crippen LogP contribution in [0.25, 0.3) is 10.9 Å². The lowest BCUT2D eigenvalue weighted by atomic mass is 9.81. The second-order valence-electron chi connectivity index (χ2n) is 12.5. The average Bonchev–Trinajstić information content (AvgIpc) is 3.31. The van der Waals surface area contributed by atoms with E-state index < -0.39 is 11.5 Å². The summed E-state index contributed by atoms with van der Waals surface area (Å²) in [5.41, 5.74) is 2.40. The summed E-state index contributed by atoms with van der Waals surface area (Å²) in [6.07, 6.45) is 4.39. The molecule has 8 nitrogen and oxygen atoms in total. The van der Waals surface area contributed by atoms with Gasteiger partial charge in [-0.3, -0.25) is 19.4 Å². The third-order valence-corrected chi connectivity index (χ3v) is 7.92. The predicted octanol–water partition coefficient (Wildman–Crippen LogP) is 4.42. The molecule has 206 valence electrons. The Morgan fingerprint density at radius 1 is 1.08 bits per heavy atom. The van der Waals surface area contributed by atoms with E-state index in [1.807, 2.05) is 73.0 Å². The van der Waals surface area contributed by atoms with Crippen LogP contribution in [0.15, 0.2) is 48.7 Å². The van der Waals surface area contributed by atoms with Crippen molar-refractivity contribution < 1.29 is 14.4 Å². The molecule has 3 amide bonds. The molecule has 2 N–H and O–H groups in total. The van der Waals surface area contributed by atoms with Crippen molar-refractivity contribution in [2.75, 3.05) is 13.1 Å². The first kappa shape index (κ1) is 26.9. The SMILES string of the molecule is CC(C)Cc1ccc(C(=O)N2CCCC3[C@H]2CN3C(=O)[C@@H](NC(=O)c2cc3ccccc3[nH]2)C(C)(C)C)nc1. The number of hydrogen-bond acceptors (Lipinski definition) is 4. The van der Waals surface area contributed by atoms with E-state index in [0.717, 1.165) is 35.7 Å². The molecule has 0 bridgehead atoms. The van der Waals surface area contributed by atoms with E-state index in [4.69, 9.17) is 0 Å². The largest absolute Gasteiger partial charge is 0.351 e. The summed E-state index contributed by atoms with van der Waals surface area (Å²) in [4.78, 5) is 51.7. The van der Waals surface area contributed by atoms with Crippen molar-refractivity contribution in [3.63, 3.8) is 0 Å². The Morgan fingerprint density at radius 2 is 1.85 bits per heavy atom. The molecule has 4 heterocycles. The Labute approximate surface area is 230 Å². The normalized spacial score (nSPS) is 19.9. The van der Waals surface area contributed by atoms with Gasteiger partial charge in [-0.15, -0.1) is 0 Å². The molecule has 0 saturated carbocycles. The van der Waals surface area contributed by atoms with Crippen molar-refractivity contribution >= 4 is 28.6 Å². The number of aromatic amines is 1. The van der Waals surface area contributed by atoms with E-state index in [-0.39, 0.29) is 29.8 Å². The van der Waals surface area contributed by atoms with Gasteiger partial charge < -0.3 is 20.1 Å². The van der Waals surface area contributed by atoms with E-state index in [0.29, 0.717) is 30.4 Å². The molecule has 39 heavy (non-hydrogen) atoms. The van der Waals surface area contributed by atoms with Crippen molar-refractivity contribution in [3.05, 3.63) is 65.6 Å². The lowest BCUT2D eigenvalue weighted by Gasteiger charge is -2.56. The molecule has 2 saturated heterocycles. The maximum absolute atomic E-state index is 13.8. The summed E-state index contributed by atoms with van der Waals surface area (Å²) >= 11 is 0. The first-order valence-electron chi connectivity index (χ1n) is 14.0. The number of nitrogens with one attached hydrogen (secondary N) is 2. The number of piperidine rings is 1. The molecule has 5 rings (SSSR count). The van der Waals surface area contributed by atoms with Gasteiger partial charge >= 0.3 is 0 Å². The number of aromatic nitrogens is 2. The molecule has 2 aliphatic rings. The summed E-state index contributed by atoms with van der Waals surface area (Å²) in [7, 11) is 0. The molecule has 3 atom stereocenters. The van der Waals surface area contributed by atoms with Crippen LogP contribution in [0.2, 0.25) is 0 Å². The Hall–Kier alpha value is -3.68. The minimum Gasteiger partial charge on any atom is -0.351 e. The van der Waals surface area contributed by atoms with Crippen LogP contribution < -0.4 is 5.32 Å². The van der Waals surface area contributed by atoms with E-state index in [1.165, 1.54) is 0 Å². The van der Waals surface area contributed by atoms with Gasteiger partial charge in [0.25, 0.3) is 11.8 Å². The summed E-state index contributed by atoms with van der Waals surface area (Å²) in [5.74, 6) is 0.0499. The van der Waals surface area contributed by atoms with Crippen molar-refractivity contribution in [1.29, 1.82) is 0 Å². The third-order valence-electron chi connectivity index (χ3n) is 7.92. The molecule has 2 aliphatic heterocycles. The zero-order valence-corrected chi connectivity index (χ0v) is 23.5. The first-order valence-corrected chi connectivity index (χ1v) is 14.0. The highest BCUT2D eigenvalue weighted by Gasteiger charge is 2.51. The van der Waals surface area contributed by atoms with Crippen molar-refractivity contribution in [1.82, 2.24) is 25.1 Å². The highest BCUT2D eigenvalue weighted by Crippen LogP contribution is 2.35. The minimum absolute atomic E-state index is 0.0302. The number of carbonyl (C=O) groups excluding carboxylic acids is 3. The van der Waals surface area contributed by atoms with Gasteiger partial charge in [0, 0.05) is 30.2 Å². The summed E-state index contributed by atoms with van der Waals surface area (Å²) in [6, 6.07) is 12.5. The molecule has 2 aromatic heterocycles. The van der Waals surface area contributed by atoms with E-state index in [9.17, 15) is 14.4 Å². The third kappa shape index (κ3) is 5.42. The fourth-order valence-corrected chi connectivity index (χ4v) is 5.83. The van der Waals surface area contributed by atoms with Crippen LogP contribution in [-0.2, 0) is 11.2 Å². The smallest absolute Gasteiger partial charge is 0.272 e. The number of rotatable bonds is 6. The van der Waals surface area contributed by atoms with Crippen LogP contribution in [0.1, 0.15) is 74.0 Å². The Kier molecular flexibility index (Phi) is 7.23. The van der Waals surface area contributed by atoms with Crippen LogP contribution in [0.4, 0.5) is 0 Å². The number of amides is 3. The number of para-hydroxylation sites is 1. The molecule has 1 aromatic carbocycles. The number of benzene rings is 1. The van der Waals surface area contributed by atoms with Crippen LogP contribution in [0, 0.1) is 11.3 Å². The molecular weight excluding hydrogens is 490 g/mol. The topological polar surface area (TPSA) is 98.4 Å². The molecule has 1 unspecified atom stereocenters. The monoisotopic (exact) mass is 529 g/mol. The number of pyridine rings is 1. The average molecular weight is 530 g/mol. The molecule has 0 aliphatic carbocycles. The highest BCUT2D eigenvalue weighted by molar-refractivity contribution is 6.00. The van der Waals surface area contributed by atoms with Gasteiger partial charge in [-0.05, 0) is 54.4 Å². The fourth-order valence-electron chi connectivity index (χ4n) is 5.83. The van der Waals surface area contributed by atoms with Crippen LogP contribution in [0.3, 0.4) is 0 Å². The van der Waals surface area contributed by atoms with Gasteiger partial charge in [-0.1, -0.05) is 58.9 Å². The highest BCUT2D eigenvalue weighted by atomic mass is 16.2. The maximum Gasteiger partial charge on any atom is 0.272 e. The van der Waals surface area contributed by atoms with Gasteiger partial charge in [0.05, 0.1) is 12.1 Å². The van der Waals surface area contributed by atoms with Gasteiger partial charge in [-0.25, -0.2) is 0 Å². The summed E-state index contributed by atoms with van der Waals surface area (Å²) < 4.78 is 0. The molecule has 0 spiro atoms. The van der Waals surface area contributed by atoms with Gasteiger partial charge in [0.2, 0.25) is 5.91 Å². The number of nitrogens with zero attached hydrogens (tertiary/aromatic N) is 3. The Bertz CT molecular complexity index is 1340. The zero-order valence-electron chi connectivity index (χ0n) is 23.5. The Balaban J connectivity index is 1.27. The molecule has 8 heteroatoms. The van der Waals surface area contributed by atoms with Crippen LogP contribution >= 0.6 is 0 Å². The second-order valence-corrected chi connectivity index (χ2v) is 12.5. The number of H-pyrrole nitrogens is 1. The first-order chi connectivity index (χ1) is 18.5. The number of hydrogen-bond donors (Lipinski definition) is 2. The van der Waals surface area contributed by atoms with E-state index >= 15 is 0 Å². The summed E-state index contributed by atoms with van der Waals surface area (Å²) in [5, 5.41) is 3.95. The molecule has 2 fully saturated rings. The van der Waals surface area contributed by atoms with E-state index in [1.54, 1.807) is 6.20 Å². The summed E-state index contributed by atoms with van der Waals surface area (Å²) in [6.45, 7) is 11.3. The number of fused-ring (bicyclic) bond motifs is 2. The van der Waals surface area contributed by atoms with Gasteiger partial charge in [0.1, 0.15) is 17.4 Å². The number of carbonyl (C=O) groups is 3. The molecule has 0 radical (unpaired) electrons. The minimum atomic E-state index is -0.696. The molecule has 3 aromatic rings. The van der Waals surface area contributed by atoms with Gasteiger partial charge in [0.15, 0.2) is 0 Å². The van der Waals surface area contributed by atoms with Crippen LogP contribution in [-0.4, -0.2) is 68.7 Å². The lowest BCUT2D eigenvalue weighted by Crippen LogP contribution is -2.73. The second kappa shape index (κ2) is 10.5. The van der Waals surface area contributed by atoms with Crippen LogP contribution in [0.5, 0.6) is 0 Å². The quantitative estimate of drug-likeness (QED) is 0.494. The van der Waals surface area contributed by atoms with Crippen molar-refractivity contribution in [2.45, 2.75) is 72.0 Å². The van der Waals surface area contributed by atoms with E-state index in [2.05, 4.69) is 29.1 Å². The predicted molar refractivity (Wildman–Crippen MR) is 151 cm³/mol. The standard InChI is InChI=1S/C31H39N5O3/c1-19(2)15-20-12-13-23(32-17-20)29(38)35-14-8-11-25-26(35)18-36(25)30(39)27(31(3,4)5)34-28(37)24-16-21-9-6-7-10-22(21)33-24/h6-7,9-10,12-13,16-17,19,25-27,33H,8,11,14-15,18H2,1-5H3,(H,34,37)/t25?,26-,27-/m1/s1. The van der Waals surface area contributed by atoms with Crippen molar-refractivity contribution in [2.24, 2.45) is 11.3 Å². The Morgan fingerprint density at radius 3 is 2.51 bits per heavy atom.